The topological polar surface area (TPSA) is 71.8 Å². The Morgan fingerprint density at radius 2 is 2.00 bits per heavy atom. The molecule has 0 saturated carbocycles. The van der Waals surface area contributed by atoms with E-state index >= 15 is 0 Å². The number of fused-ring (bicyclic) bond motifs is 1. The summed E-state index contributed by atoms with van der Waals surface area (Å²) >= 11 is 0. The summed E-state index contributed by atoms with van der Waals surface area (Å²) in [5, 5.41) is 0. The minimum absolute atomic E-state index is 0.0514. The van der Waals surface area contributed by atoms with Crippen LogP contribution in [0.4, 0.5) is 0 Å². The lowest BCUT2D eigenvalue weighted by atomic mass is 9.75. The number of Topliss-reactive ketones (excluding diaryl/α,β-unsaturated/α-hetero) is 1. The maximum Gasteiger partial charge on any atom is 0.228 e. The van der Waals surface area contributed by atoms with Crippen LogP contribution >= 0.6 is 0 Å². The lowest BCUT2D eigenvalue weighted by Crippen LogP contribution is -2.26. The van der Waals surface area contributed by atoms with Gasteiger partial charge in [-0.15, -0.1) is 0 Å². The number of ketones is 1. The third kappa shape index (κ3) is 2.29. The first-order valence-electron chi connectivity index (χ1n) is 7.64. The van der Waals surface area contributed by atoms with Gasteiger partial charge in [0.25, 0.3) is 0 Å². The van der Waals surface area contributed by atoms with E-state index in [9.17, 15) is 4.79 Å². The van der Waals surface area contributed by atoms with Crippen molar-refractivity contribution in [3.8, 4) is 22.8 Å². The average molecular weight is 307 g/mol. The van der Waals surface area contributed by atoms with Crippen LogP contribution in [-0.4, -0.2) is 20.7 Å². The number of nitrogens with zero attached hydrogens (tertiary/aromatic N) is 2. The van der Waals surface area contributed by atoms with E-state index in [1.165, 1.54) is 6.26 Å². The highest BCUT2D eigenvalue weighted by atomic mass is 16.3. The van der Waals surface area contributed by atoms with Gasteiger partial charge in [-0.1, -0.05) is 19.9 Å². The Morgan fingerprint density at radius 3 is 2.70 bits per heavy atom. The predicted molar refractivity (Wildman–Crippen MR) is 86.0 cm³/mol. The Labute approximate surface area is 133 Å². The minimum atomic E-state index is -0.0514. The zero-order valence-electron chi connectivity index (χ0n) is 13.1. The van der Waals surface area contributed by atoms with Gasteiger partial charge < -0.3 is 9.40 Å². The predicted octanol–water partition coefficient (Wildman–Crippen LogP) is 3.89. The van der Waals surface area contributed by atoms with Gasteiger partial charge in [0.2, 0.25) is 5.89 Å². The fraction of sp³-hybridized carbons (Fsp3) is 0.278. The van der Waals surface area contributed by atoms with E-state index in [-0.39, 0.29) is 11.2 Å². The number of pyridine rings is 1. The van der Waals surface area contributed by atoms with E-state index in [1.807, 2.05) is 18.2 Å². The molecule has 4 rings (SSSR count). The quantitative estimate of drug-likeness (QED) is 0.779. The molecule has 5 heteroatoms. The standard InChI is InChI=1S/C18H17N3O2/c1-18(2)9-12-14(13(22)10-18)15(17-20-7-8-23-17)16(21-12)11-5-3-4-6-19-11/h3-8,21H,9-10H2,1-2H3. The molecule has 1 aliphatic rings. The molecule has 1 aliphatic carbocycles. The van der Waals surface area contributed by atoms with E-state index in [2.05, 4.69) is 28.8 Å². The van der Waals surface area contributed by atoms with Crippen molar-refractivity contribution in [2.24, 2.45) is 5.41 Å². The van der Waals surface area contributed by atoms with Crippen molar-refractivity contribution in [3.63, 3.8) is 0 Å². The lowest BCUT2D eigenvalue weighted by molar-refractivity contribution is 0.0912. The second-order valence-corrected chi connectivity index (χ2v) is 6.72. The molecule has 0 spiro atoms. The van der Waals surface area contributed by atoms with Crippen LogP contribution < -0.4 is 0 Å². The van der Waals surface area contributed by atoms with Crippen LogP contribution in [-0.2, 0) is 6.42 Å². The number of carbonyl (C=O) groups excluding carboxylic acids is 1. The van der Waals surface area contributed by atoms with Gasteiger partial charge in [0.05, 0.1) is 28.7 Å². The summed E-state index contributed by atoms with van der Waals surface area (Å²) in [6.45, 7) is 4.22. The van der Waals surface area contributed by atoms with E-state index in [0.717, 1.165) is 29.1 Å². The Bertz CT molecular complexity index is 861. The molecule has 0 fully saturated rings. The minimum Gasteiger partial charge on any atom is -0.444 e. The molecule has 3 aromatic heterocycles. The Balaban J connectivity index is 1.99. The third-order valence-electron chi connectivity index (χ3n) is 4.22. The largest absolute Gasteiger partial charge is 0.444 e. The van der Waals surface area contributed by atoms with Crippen molar-refractivity contribution in [2.75, 3.05) is 0 Å². The van der Waals surface area contributed by atoms with E-state index in [0.29, 0.717) is 17.9 Å². The van der Waals surface area contributed by atoms with Gasteiger partial charge >= 0.3 is 0 Å². The second kappa shape index (κ2) is 4.91. The fourth-order valence-electron chi connectivity index (χ4n) is 3.32. The van der Waals surface area contributed by atoms with Crippen LogP contribution in [0.25, 0.3) is 22.8 Å². The highest BCUT2D eigenvalue weighted by molar-refractivity contribution is 6.07. The van der Waals surface area contributed by atoms with Crippen molar-refractivity contribution >= 4 is 5.78 Å². The molecule has 0 amide bonds. The molecule has 0 saturated heterocycles. The molecular weight excluding hydrogens is 290 g/mol. The Morgan fingerprint density at radius 1 is 1.13 bits per heavy atom. The van der Waals surface area contributed by atoms with Crippen molar-refractivity contribution in [1.82, 2.24) is 15.0 Å². The summed E-state index contributed by atoms with van der Waals surface area (Å²) in [6, 6.07) is 5.71. The molecule has 1 N–H and O–H groups in total. The molecule has 116 valence electrons. The maximum absolute atomic E-state index is 12.8. The molecule has 0 unspecified atom stereocenters. The number of rotatable bonds is 2. The summed E-state index contributed by atoms with van der Waals surface area (Å²) in [7, 11) is 0. The highest BCUT2D eigenvalue weighted by Crippen LogP contribution is 2.42. The number of nitrogens with one attached hydrogen (secondary N) is 1. The number of hydrogen-bond acceptors (Lipinski definition) is 4. The molecule has 3 heterocycles. The van der Waals surface area contributed by atoms with Gasteiger partial charge in [-0.05, 0) is 24.0 Å². The summed E-state index contributed by atoms with van der Waals surface area (Å²) in [6.07, 6.45) is 6.18. The third-order valence-corrected chi connectivity index (χ3v) is 4.22. The van der Waals surface area contributed by atoms with Crippen LogP contribution in [0, 0.1) is 5.41 Å². The van der Waals surface area contributed by atoms with Gasteiger partial charge in [-0.3, -0.25) is 9.78 Å². The van der Waals surface area contributed by atoms with E-state index in [1.54, 1.807) is 12.4 Å². The Kier molecular flexibility index (Phi) is 2.98. The first-order valence-corrected chi connectivity index (χ1v) is 7.64. The number of aromatic nitrogens is 3. The normalized spacial score (nSPS) is 16.3. The molecule has 0 aliphatic heterocycles. The number of aromatic amines is 1. The summed E-state index contributed by atoms with van der Waals surface area (Å²) in [5.41, 5.74) is 3.89. The second-order valence-electron chi connectivity index (χ2n) is 6.72. The zero-order valence-corrected chi connectivity index (χ0v) is 13.1. The molecule has 0 atom stereocenters. The van der Waals surface area contributed by atoms with Gasteiger partial charge in [0.15, 0.2) is 5.78 Å². The van der Waals surface area contributed by atoms with Gasteiger partial charge in [0.1, 0.15) is 6.26 Å². The van der Waals surface area contributed by atoms with Gasteiger partial charge in [-0.25, -0.2) is 4.98 Å². The monoisotopic (exact) mass is 307 g/mol. The van der Waals surface area contributed by atoms with Crippen molar-refractivity contribution in [1.29, 1.82) is 0 Å². The molecule has 0 bridgehead atoms. The number of H-pyrrole nitrogens is 1. The van der Waals surface area contributed by atoms with Crippen molar-refractivity contribution in [2.45, 2.75) is 26.7 Å². The Hall–Kier alpha value is -2.69. The number of carbonyl (C=O) groups is 1. The summed E-state index contributed by atoms with van der Waals surface area (Å²) in [4.78, 5) is 24.8. The average Bonchev–Trinajstić information content (AvgIpc) is 3.13. The SMILES string of the molecule is CC1(C)CC(=O)c2c([nH]c(-c3ccccn3)c2-c2ncco2)C1. The maximum atomic E-state index is 12.8. The lowest BCUT2D eigenvalue weighted by Gasteiger charge is -2.28. The van der Waals surface area contributed by atoms with Crippen LogP contribution in [0.2, 0.25) is 0 Å². The summed E-state index contributed by atoms with van der Waals surface area (Å²) < 4.78 is 5.50. The zero-order chi connectivity index (χ0) is 16.0. The first-order chi connectivity index (χ1) is 11.1. The molecule has 0 radical (unpaired) electrons. The van der Waals surface area contributed by atoms with Crippen LogP contribution in [0.15, 0.2) is 41.3 Å². The van der Waals surface area contributed by atoms with Gasteiger partial charge in [-0.2, -0.15) is 0 Å². The molecule has 23 heavy (non-hydrogen) atoms. The first kappa shape index (κ1) is 13.9. The molecule has 5 nitrogen and oxygen atoms in total. The van der Waals surface area contributed by atoms with Crippen molar-refractivity contribution in [3.05, 3.63) is 48.1 Å². The van der Waals surface area contributed by atoms with Crippen LogP contribution in [0.1, 0.15) is 36.3 Å². The van der Waals surface area contributed by atoms with Crippen LogP contribution in [0.5, 0.6) is 0 Å². The molecule has 0 aromatic carbocycles. The molecular formula is C18H17N3O2. The van der Waals surface area contributed by atoms with E-state index < -0.39 is 0 Å². The van der Waals surface area contributed by atoms with Gasteiger partial charge in [0, 0.05) is 18.3 Å². The fourth-order valence-corrected chi connectivity index (χ4v) is 3.32. The van der Waals surface area contributed by atoms with E-state index in [4.69, 9.17) is 4.42 Å². The smallest absolute Gasteiger partial charge is 0.228 e. The van der Waals surface area contributed by atoms with Crippen LogP contribution in [0.3, 0.4) is 0 Å². The highest BCUT2D eigenvalue weighted by Gasteiger charge is 2.37. The number of hydrogen-bond donors (Lipinski definition) is 1. The number of oxazole rings is 1. The molecule has 3 aromatic rings. The van der Waals surface area contributed by atoms with Crippen molar-refractivity contribution < 1.29 is 9.21 Å². The summed E-state index contributed by atoms with van der Waals surface area (Å²) in [5.74, 6) is 0.582.